The van der Waals surface area contributed by atoms with Gasteiger partial charge in [-0.05, 0) is 6.92 Å². The van der Waals surface area contributed by atoms with Crippen LogP contribution in [0.15, 0.2) is 5.38 Å². The van der Waals surface area contributed by atoms with Gasteiger partial charge in [0.2, 0.25) is 0 Å². The van der Waals surface area contributed by atoms with E-state index in [4.69, 9.17) is 5.73 Å². The Labute approximate surface area is 86.2 Å². The average molecular weight is 220 g/mol. The Bertz CT molecular complexity index is 308. The highest BCUT2D eigenvalue weighted by Crippen LogP contribution is 2.28. The molecule has 1 aromatic rings. The van der Waals surface area contributed by atoms with Gasteiger partial charge in [0.05, 0.1) is 10.7 Å². The Hall–Kier alpha value is -0.550. The number of hydrogen-bond acceptors (Lipinski definition) is 3. The summed E-state index contributed by atoms with van der Waals surface area (Å²) in [5.74, 6) is 0.252. The van der Waals surface area contributed by atoms with Crippen molar-refractivity contribution in [2.24, 2.45) is 5.73 Å². The number of nitrogens with zero attached hydrogens (tertiary/aromatic N) is 1. The Morgan fingerprint density at radius 1 is 1.50 bits per heavy atom. The van der Waals surface area contributed by atoms with Gasteiger partial charge in [-0.1, -0.05) is 13.8 Å². The van der Waals surface area contributed by atoms with E-state index in [9.17, 15) is 8.78 Å². The third-order valence-electron chi connectivity index (χ3n) is 2.02. The van der Waals surface area contributed by atoms with Crippen LogP contribution in [0.2, 0.25) is 0 Å². The Kier molecular flexibility index (Phi) is 3.21. The third-order valence-corrected chi connectivity index (χ3v) is 3.17. The highest BCUT2D eigenvalue weighted by molar-refractivity contribution is 7.09. The number of rotatable bonds is 3. The Balaban J connectivity index is 2.97. The molecule has 0 aliphatic carbocycles. The van der Waals surface area contributed by atoms with Gasteiger partial charge in [0.25, 0.3) is 6.43 Å². The molecule has 5 heteroatoms. The predicted molar refractivity (Wildman–Crippen MR) is 53.7 cm³/mol. The number of hydrogen-bond donors (Lipinski definition) is 1. The number of halogens is 2. The molecule has 0 aromatic carbocycles. The first-order chi connectivity index (χ1) is 6.35. The van der Waals surface area contributed by atoms with Gasteiger partial charge in [-0.15, -0.1) is 11.3 Å². The molecule has 80 valence electrons. The van der Waals surface area contributed by atoms with E-state index in [0.717, 1.165) is 5.01 Å². The van der Waals surface area contributed by atoms with Crippen molar-refractivity contribution in [3.8, 4) is 0 Å². The number of nitrogens with two attached hydrogens (primary N) is 1. The first-order valence-electron chi connectivity index (χ1n) is 4.38. The minimum Gasteiger partial charge on any atom is -0.316 e. The SMILES string of the molecule is CC(C)c1nc(C(C)(N)C(F)F)cs1. The summed E-state index contributed by atoms with van der Waals surface area (Å²) in [4.78, 5) is 4.12. The summed E-state index contributed by atoms with van der Waals surface area (Å²) < 4.78 is 25.1. The van der Waals surface area contributed by atoms with Crippen molar-refractivity contribution in [3.05, 3.63) is 16.1 Å². The van der Waals surface area contributed by atoms with Gasteiger partial charge in [0.15, 0.2) is 0 Å². The molecule has 1 atom stereocenters. The van der Waals surface area contributed by atoms with E-state index in [2.05, 4.69) is 4.98 Å². The molecule has 2 nitrogen and oxygen atoms in total. The molecule has 2 N–H and O–H groups in total. The van der Waals surface area contributed by atoms with E-state index in [-0.39, 0.29) is 11.6 Å². The summed E-state index contributed by atoms with van der Waals surface area (Å²) in [5, 5.41) is 2.46. The molecule has 0 aliphatic heterocycles. The van der Waals surface area contributed by atoms with E-state index in [1.807, 2.05) is 13.8 Å². The summed E-state index contributed by atoms with van der Waals surface area (Å²) in [6.07, 6.45) is -2.59. The van der Waals surface area contributed by atoms with Crippen LogP contribution >= 0.6 is 11.3 Å². The first kappa shape index (κ1) is 11.5. The maximum Gasteiger partial charge on any atom is 0.261 e. The first-order valence-corrected chi connectivity index (χ1v) is 5.26. The van der Waals surface area contributed by atoms with Crippen LogP contribution in [-0.4, -0.2) is 11.4 Å². The lowest BCUT2D eigenvalue weighted by Crippen LogP contribution is -2.41. The van der Waals surface area contributed by atoms with Crippen LogP contribution in [0.3, 0.4) is 0 Å². The normalized spacial score (nSPS) is 16.3. The lowest BCUT2D eigenvalue weighted by molar-refractivity contribution is 0.0604. The number of thiazole rings is 1. The molecule has 1 rings (SSSR count). The van der Waals surface area contributed by atoms with Crippen LogP contribution in [0.4, 0.5) is 8.78 Å². The minimum atomic E-state index is -2.59. The fourth-order valence-corrected chi connectivity index (χ4v) is 1.87. The lowest BCUT2D eigenvalue weighted by atomic mass is 10.0. The Morgan fingerprint density at radius 2 is 2.07 bits per heavy atom. The molecular formula is C9H14F2N2S. The van der Waals surface area contributed by atoms with Gasteiger partial charge in [-0.25, -0.2) is 13.8 Å². The minimum absolute atomic E-state index is 0.252. The lowest BCUT2D eigenvalue weighted by Gasteiger charge is -2.20. The molecule has 0 amide bonds. The molecule has 0 saturated heterocycles. The molecular weight excluding hydrogens is 206 g/mol. The summed E-state index contributed by atoms with van der Waals surface area (Å²) in [6, 6.07) is 0. The number of alkyl halides is 2. The smallest absolute Gasteiger partial charge is 0.261 e. The fraction of sp³-hybridized carbons (Fsp3) is 0.667. The van der Waals surface area contributed by atoms with Crippen molar-refractivity contribution in [2.75, 3.05) is 0 Å². The van der Waals surface area contributed by atoms with Crippen LogP contribution < -0.4 is 5.73 Å². The second-order valence-electron chi connectivity index (χ2n) is 3.81. The van der Waals surface area contributed by atoms with Crippen LogP contribution in [0, 0.1) is 0 Å². The highest BCUT2D eigenvalue weighted by Gasteiger charge is 2.34. The van der Waals surface area contributed by atoms with Gasteiger partial charge in [-0.3, -0.25) is 0 Å². The molecule has 1 aromatic heterocycles. The van der Waals surface area contributed by atoms with Crippen molar-refractivity contribution in [1.29, 1.82) is 0 Å². The van der Waals surface area contributed by atoms with Crippen LogP contribution in [0.1, 0.15) is 37.4 Å². The topological polar surface area (TPSA) is 38.9 Å². The van der Waals surface area contributed by atoms with Gasteiger partial charge in [0, 0.05) is 11.3 Å². The van der Waals surface area contributed by atoms with E-state index >= 15 is 0 Å². The van der Waals surface area contributed by atoms with E-state index < -0.39 is 12.0 Å². The van der Waals surface area contributed by atoms with Gasteiger partial charge in [-0.2, -0.15) is 0 Å². The molecule has 1 heterocycles. The summed E-state index contributed by atoms with van der Waals surface area (Å²) in [7, 11) is 0. The molecule has 0 saturated carbocycles. The largest absolute Gasteiger partial charge is 0.316 e. The van der Waals surface area contributed by atoms with E-state index in [1.165, 1.54) is 18.3 Å². The second-order valence-corrected chi connectivity index (χ2v) is 4.70. The van der Waals surface area contributed by atoms with E-state index in [1.54, 1.807) is 5.38 Å². The fourth-order valence-electron chi connectivity index (χ4n) is 0.912. The summed E-state index contributed by atoms with van der Waals surface area (Å²) in [6.45, 7) is 5.24. The van der Waals surface area contributed by atoms with Crippen molar-refractivity contribution in [1.82, 2.24) is 4.98 Å². The van der Waals surface area contributed by atoms with Crippen LogP contribution in [-0.2, 0) is 5.54 Å². The van der Waals surface area contributed by atoms with Crippen LogP contribution in [0.5, 0.6) is 0 Å². The van der Waals surface area contributed by atoms with Crippen molar-refractivity contribution < 1.29 is 8.78 Å². The summed E-state index contributed by atoms with van der Waals surface area (Å²) >= 11 is 1.38. The van der Waals surface area contributed by atoms with Gasteiger partial charge in [0.1, 0.15) is 5.54 Å². The second kappa shape index (κ2) is 3.90. The average Bonchev–Trinajstić information content (AvgIpc) is 2.51. The van der Waals surface area contributed by atoms with Gasteiger partial charge < -0.3 is 5.73 Å². The molecule has 14 heavy (non-hydrogen) atoms. The molecule has 1 unspecified atom stereocenters. The van der Waals surface area contributed by atoms with Crippen molar-refractivity contribution in [3.63, 3.8) is 0 Å². The van der Waals surface area contributed by atoms with Crippen molar-refractivity contribution in [2.45, 2.75) is 38.7 Å². The maximum atomic E-state index is 12.5. The predicted octanol–water partition coefficient (Wildman–Crippen LogP) is 2.71. The third kappa shape index (κ3) is 2.09. The number of aromatic nitrogens is 1. The maximum absolute atomic E-state index is 12.5. The quantitative estimate of drug-likeness (QED) is 0.850. The zero-order valence-electron chi connectivity index (χ0n) is 8.42. The van der Waals surface area contributed by atoms with Crippen LogP contribution in [0.25, 0.3) is 0 Å². The molecule has 0 aliphatic rings. The van der Waals surface area contributed by atoms with Gasteiger partial charge >= 0.3 is 0 Å². The molecule has 0 spiro atoms. The molecule has 0 fully saturated rings. The molecule has 0 radical (unpaired) electrons. The zero-order valence-corrected chi connectivity index (χ0v) is 9.24. The standard InChI is InChI=1S/C9H14F2N2S/c1-5(2)7-13-6(4-14-7)9(3,12)8(10)11/h4-5,8H,12H2,1-3H3. The monoisotopic (exact) mass is 220 g/mol. The molecule has 0 bridgehead atoms. The van der Waals surface area contributed by atoms with E-state index in [0.29, 0.717) is 0 Å². The highest BCUT2D eigenvalue weighted by atomic mass is 32.1. The Morgan fingerprint density at radius 3 is 2.43 bits per heavy atom. The van der Waals surface area contributed by atoms with Crippen molar-refractivity contribution >= 4 is 11.3 Å². The zero-order chi connectivity index (χ0) is 10.9. The summed E-state index contributed by atoms with van der Waals surface area (Å²) in [5.41, 5.74) is 4.13.